The van der Waals surface area contributed by atoms with Crippen LogP contribution in [-0.4, -0.2) is 37.8 Å². The molecule has 0 amide bonds. The van der Waals surface area contributed by atoms with Crippen molar-refractivity contribution in [3.8, 4) is 0 Å². The predicted molar refractivity (Wildman–Crippen MR) is 62.0 cm³/mol. The van der Waals surface area contributed by atoms with Crippen molar-refractivity contribution in [3.05, 3.63) is 0 Å². The molecule has 4 nitrogen and oxygen atoms in total. The Morgan fingerprint density at radius 3 is 1.64 bits per heavy atom. The molecule has 22 heavy (non-hydrogen) atoms. The maximum absolute atomic E-state index is 13.3. The van der Waals surface area contributed by atoms with Gasteiger partial charge in [-0.1, -0.05) is 13.8 Å². The highest BCUT2D eigenvalue weighted by molar-refractivity contribution is 7.48. The summed E-state index contributed by atoms with van der Waals surface area (Å²) in [7, 11) is -5.24. The van der Waals surface area contributed by atoms with Crippen molar-refractivity contribution < 1.29 is 48.9 Å². The zero-order valence-electron chi connectivity index (χ0n) is 11.8. The first-order chi connectivity index (χ1) is 9.89. The number of alkyl halides is 7. The molecule has 0 N–H and O–H groups in total. The van der Waals surface area contributed by atoms with Gasteiger partial charge in [-0.15, -0.1) is 0 Å². The number of hydrogen-bond donors (Lipinski definition) is 0. The van der Waals surface area contributed by atoms with E-state index in [1.54, 1.807) is 0 Å². The zero-order chi connectivity index (χ0) is 17.7. The SMILES string of the molecule is CCCOP(=O)(OCCC)OC(F)(F)C(F)(F)C(F)(F)CF. The van der Waals surface area contributed by atoms with E-state index >= 15 is 0 Å². The van der Waals surface area contributed by atoms with Crippen LogP contribution in [0.4, 0.5) is 30.7 Å². The normalized spacial score (nSPS) is 14.4. The minimum absolute atomic E-state index is 0.130. The van der Waals surface area contributed by atoms with E-state index in [-0.39, 0.29) is 12.8 Å². The Balaban J connectivity index is 5.36. The Morgan fingerprint density at radius 1 is 0.909 bits per heavy atom. The molecule has 12 heteroatoms. The molecule has 0 heterocycles. The van der Waals surface area contributed by atoms with Gasteiger partial charge in [-0.2, -0.15) is 26.3 Å². The van der Waals surface area contributed by atoms with Crippen molar-refractivity contribution >= 4 is 7.82 Å². The Kier molecular flexibility index (Phi) is 7.80. The highest BCUT2D eigenvalue weighted by Gasteiger charge is 2.75. The summed E-state index contributed by atoms with van der Waals surface area (Å²) in [6.45, 7) is -1.07. The Morgan fingerprint density at radius 2 is 1.32 bits per heavy atom. The predicted octanol–water partition coefficient (Wildman–Crippen LogP) is 4.80. The van der Waals surface area contributed by atoms with E-state index in [2.05, 4.69) is 13.6 Å². The van der Waals surface area contributed by atoms with Gasteiger partial charge in [0.25, 0.3) is 0 Å². The molecule has 0 aromatic heterocycles. The summed E-state index contributed by atoms with van der Waals surface area (Å²) in [5, 5.41) is 0. The summed E-state index contributed by atoms with van der Waals surface area (Å²) < 4.78 is 114. The summed E-state index contributed by atoms with van der Waals surface area (Å²) in [4.78, 5) is 0. The van der Waals surface area contributed by atoms with E-state index in [1.807, 2.05) is 0 Å². The van der Waals surface area contributed by atoms with E-state index in [1.165, 1.54) is 13.8 Å². The van der Waals surface area contributed by atoms with Crippen LogP contribution in [0, 0.1) is 0 Å². The smallest absolute Gasteiger partial charge is 0.287 e. The fourth-order valence-electron chi connectivity index (χ4n) is 0.991. The number of phosphoric ester groups is 1. The molecule has 0 radical (unpaired) electrons. The minimum atomic E-state index is -6.25. The molecule has 0 aliphatic carbocycles. The third-order valence-electron chi connectivity index (χ3n) is 2.13. The van der Waals surface area contributed by atoms with E-state index in [0.717, 1.165) is 0 Å². The van der Waals surface area contributed by atoms with Crippen LogP contribution < -0.4 is 0 Å². The van der Waals surface area contributed by atoms with E-state index in [0.29, 0.717) is 0 Å². The Hall–Kier alpha value is -0.380. The van der Waals surface area contributed by atoms with Gasteiger partial charge in [0.2, 0.25) is 0 Å². The zero-order valence-corrected chi connectivity index (χ0v) is 12.7. The number of hydrogen-bond acceptors (Lipinski definition) is 4. The van der Waals surface area contributed by atoms with Gasteiger partial charge in [0.05, 0.1) is 13.2 Å². The van der Waals surface area contributed by atoms with Crippen LogP contribution in [0.15, 0.2) is 0 Å². The first kappa shape index (κ1) is 21.6. The highest BCUT2D eigenvalue weighted by atomic mass is 31.2. The van der Waals surface area contributed by atoms with Crippen LogP contribution in [0.2, 0.25) is 0 Å². The van der Waals surface area contributed by atoms with Crippen LogP contribution in [0.5, 0.6) is 0 Å². The van der Waals surface area contributed by atoms with Crippen molar-refractivity contribution in [2.24, 2.45) is 0 Å². The summed E-state index contributed by atoms with van der Waals surface area (Å²) in [6.07, 6.45) is -5.71. The number of halogens is 7. The van der Waals surface area contributed by atoms with Gasteiger partial charge in [0, 0.05) is 0 Å². The second-order valence-electron chi connectivity index (χ2n) is 4.13. The molecule has 0 rings (SSSR count). The van der Waals surface area contributed by atoms with E-state index in [4.69, 9.17) is 0 Å². The monoisotopic (exact) mass is 364 g/mol. The molecule has 0 aliphatic heterocycles. The van der Waals surface area contributed by atoms with Gasteiger partial charge in [-0.05, 0) is 12.8 Å². The van der Waals surface area contributed by atoms with Gasteiger partial charge in [0.15, 0.2) is 6.67 Å². The lowest BCUT2D eigenvalue weighted by atomic mass is 10.2. The molecule has 0 aliphatic rings. The van der Waals surface area contributed by atoms with Crippen LogP contribution >= 0.6 is 7.82 Å². The first-order valence-electron chi connectivity index (χ1n) is 6.18. The number of phosphoric acid groups is 1. The third-order valence-corrected chi connectivity index (χ3v) is 3.58. The molecular formula is C10H16F7O4P. The fraction of sp³-hybridized carbons (Fsp3) is 1.00. The maximum atomic E-state index is 13.3. The molecule has 0 fully saturated rings. The van der Waals surface area contributed by atoms with Crippen LogP contribution in [0.1, 0.15) is 26.7 Å². The summed E-state index contributed by atoms with van der Waals surface area (Å²) in [5.74, 6) is -12.0. The van der Waals surface area contributed by atoms with Crippen molar-refractivity contribution in [1.82, 2.24) is 0 Å². The van der Waals surface area contributed by atoms with Crippen LogP contribution in [0.3, 0.4) is 0 Å². The molecule has 134 valence electrons. The van der Waals surface area contributed by atoms with E-state index < -0.39 is 45.7 Å². The Labute approximate surface area is 122 Å². The second kappa shape index (κ2) is 7.94. The molecule has 0 atom stereocenters. The van der Waals surface area contributed by atoms with Crippen molar-refractivity contribution in [2.45, 2.75) is 44.6 Å². The molecular weight excluding hydrogens is 348 g/mol. The van der Waals surface area contributed by atoms with Crippen molar-refractivity contribution in [2.75, 3.05) is 19.9 Å². The van der Waals surface area contributed by atoms with Gasteiger partial charge >= 0.3 is 25.8 Å². The highest BCUT2D eigenvalue weighted by Crippen LogP contribution is 2.58. The largest absolute Gasteiger partial charge is 0.479 e. The molecule has 0 aromatic rings. The molecule has 0 bridgehead atoms. The average molecular weight is 364 g/mol. The first-order valence-corrected chi connectivity index (χ1v) is 7.64. The molecule has 0 saturated carbocycles. The average Bonchev–Trinajstić information content (AvgIpc) is 2.42. The standard InChI is InChI=1S/C10H16F7O4P/c1-3-5-19-22(18,20-6-4-2)21-10(16,17)9(14,15)8(12,13)7-11/h3-7H2,1-2H3. The van der Waals surface area contributed by atoms with Gasteiger partial charge in [0.1, 0.15) is 0 Å². The van der Waals surface area contributed by atoms with Gasteiger partial charge in [-0.25, -0.2) is 13.5 Å². The summed E-state index contributed by atoms with van der Waals surface area (Å²) >= 11 is 0. The number of rotatable bonds is 11. The quantitative estimate of drug-likeness (QED) is 0.390. The van der Waals surface area contributed by atoms with Gasteiger partial charge in [-0.3, -0.25) is 9.05 Å². The lowest BCUT2D eigenvalue weighted by Crippen LogP contribution is -2.56. The summed E-state index contributed by atoms with van der Waals surface area (Å²) in [6, 6.07) is 0. The fourth-order valence-corrected chi connectivity index (χ4v) is 2.38. The van der Waals surface area contributed by atoms with E-state index in [9.17, 15) is 35.3 Å². The van der Waals surface area contributed by atoms with Gasteiger partial charge < -0.3 is 0 Å². The molecule has 0 aromatic carbocycles. The summed E-state index contributed by atoms with van der Waals surface area (Å²) in [5.41, 5.74) is 0. The molecule has 0 unspecified atom stereocenters. The Bertz CT molecular complexity index is 379. The molecule has 0 saturated heterocycles. The van der Waals surface area contributed by atoms with Crippen molar-refractivity contribution in [1.29, 1.82) is 0 Å². The lowest BCUT2D eigenvalue weighted by molar-refractivity contribution is -0.377. The second-order valence-corrected chi connectivity index (χ2v) is 5.73. The maximum Gasteiger partial charge on any atom is 0.479 e. The molecule has 0 spiro atoms. The van der Waals surface area contributed by atoms with Crippen LogP contribution in [0.25, 0.3) is 0 Å². The third kappa shape index (κ3) is 5.07. The van der Waals surface area contributed by atoms with Crippen LogP contribution in [-0.2, 0) is 18.1 Å². The lowest BCUT2D eigenvalue weighted by Gasteiger charge is -2.32. The van der Waals surface area contributed by atoms with Crippen molar-refractivity contribution in [3.63, 3.8) is 0 Å². The minimum Gasteiger partial charge on any atom is -0.287 e. The topological polar surface area (TPSA) is 44.8 Å².